The maximum absolute atomic E-state index is 12.1. The number of alkyl halides is 2. The normalized spacial score (nSPS) is 13.4. The average Bonchev–Trinajstić information content (AvgIpc) is 2.64. The smallest absolute Gasteiger partial charge is 0.265 e. The summed E-state index contributed by atoms with van der Waals surface area (Å²) in [7, 11) is 1.82. The van der Waals surface area contributed by atoms with Gasteiger partial charge in [-0.1, -0.05) is 0 Å². The molecule has 2 aromatic rings. The monoisotopic (exact) mass is 270 g/mol. The number of aliphatic hydroxyl groups excluding tert-OH is 1. The molecule has 5 nitrogen and oxygen atoms in total. The van der Waals surface area contributed by atoms with E-state index < -0.39 is 12.5 Å². The SMILES string of the molecule is Cc1nn(C)c2ncc(CNCC(O)C(F)F)cc12. The van der Waals surface area contributed by atoms with Crippen molar-refractivity contribution in [2.24, 2.45) is 7.05 Å². The van der Waals surface area contributed by atoms with Crippen molar-refractivity contribution in [1.82, 2.24) is 20.1 Å². The van der Waals surface area contributed by atoms with E-state index in [0.717, 1.165) is 22.3 Å². The highest BCUT2D eigenvalue weighted by Gasteiger charge is 2.15. The fourth-order valence-electron chi connectivity index (χ4n) is 1.90. The van der Waals surface area contributed by atoms with E-state index in [4.69, 9.17) is 5.11 Å². The predicted octanol–water partition coefficient (Wildman–Crippen LogP) is 0.992. The molecule has 0 aromatic carbocycles. The number of rotatable bonds is 5. The molecule has 0 aliphatic rings. The summed E-state index contributed by atoms with van der Waals surface area (Å²) in [5.41, 5.74) is 2.53. The van der Waals surface area contributed by atoms with Crippen molar-refractivity contribution in [1.29, 1.82) is 0 Å². The minimum absolute atomic E-state index is 0.151. The zero-order valence-corrected chi connectivity index (χ0v) is 10.8. The zero-order chi connectivity index (χ0) is 14.0. The zero-order valence-electron chi connectivity index (χ0n) is 10.8. The molecule has 1 unspecified atom stereocenters. The van der Waals surface area contributed by atoms with E-state index >= 15 is 0 Å². The molecule has 0 saturated heterocycles. The lowest BCUT2D eigenvalue weighted by Crippen LogP contribution is -2.31. The lowest BCUT2D eigenvalue weighted by Gasteiger charge is -2.10. The van der Waals surface area contributed by atoms with Gasteiger partial charge in [0.05, 0.1) is 5.69 Å². The molecule has 2 heterocycles. The average molecular weight is 270 g/mol. The quantitative estimate of drug-likeness (QED) is 0.850. The maximum atomic E-state index is 12.1. The van der Waals surface area contributed by atoms with Crippen LogP contribution in [-0.4, -0.2) is 38.9 Å². The van der Waals surface area contributed by atoms with Crippen LogP contribution in [0.2, 0.25) is 0 Å². The highest BCUT2D eigenvalue weighted by Crippen LogP contribution is 2.16. The predicted molar refractivity (Wildman–Crippen MR) is 67.0 cm³/mol. The first-order valence-electron chi connectivity index (χ1n) is 5.94. The van der Waals surface area contributed by atoms with Crippen molar-refractivity contribution in [3.05, 3.63) is 23.5 Å². The van der Waals surface area contributed by atoms with Gasteiger partial charge in [0.15, 0.2) is 5.65 Å². The molecule has 0 bridgehead atoms. The van der Waals surface area contributed by atoms with E-state index in [1.165, 1.54) is 0 Å². The van der Waals surface area contributed by atoms with Crippen LogP contribution in [0, 0.1) is 6.92 Å². The Hall–Kier alpha value is -1.60. The van der Waals surface area contributed by atoms with E-state index in [2.05, 4.69) is 15.4 Å². The number of hydrogen-bond acceptors (Lipinski definition) is 4. The van der Waals surface area contributed by atoms with Crippen molar-refractivity contribution >= 4 is 11.0 Å². The number of nitrogens with one attached hydrogen (secondary N) is 1. The summed E-state index contributed by atoms with van der Waals surface area (Å²) in [6.07, 6.45) is -2.70. The van der Waals surface area contributed by atoms with Gasteiger partial charge >= 0.3 is 0 Å². The van der Waals surface area contributed by atoms with Gasteiger partial charge in [-0.2, -0.15) is 5.10 Å². The summed E-state index contributed by atoms with van der Waals surface area (Å²) in [6, 6.07) is 1.92. The van der Waals surface area contributed by atoms with Crippen LogP contribution in [0.15, 0.2) is 12.3 Å². The van der Waals surface area contributed by atoms with Crippen LogP contribution in [0.3, 0.4) is 0 Å². The van der Waals surface area contributed by atoms with Gasteiger partial charge in [0.25, 0.3) is 6.43 Å². The third-order valence-corrected chi connectivity index (χ3v) is 2.89. The van der Waals surface area contributed by atoms with Crippen LogP contribution >= 0.6 is 0 Å². The van der Waals surface area contributed by atoms with Gasteiger partial charge in [0.1, 0.15) is 6.10 Å². The molecular formula is C12H16F2N4O. The summed E-state index contributed by atoms with van der Waals surface area (Å²) in [6.45, 7) is 2.12. The van der Waals surface area contributed by atoms with Gasteiger partial charge in [-0.3, -0.25) is 4.68 Å². The van der Waals surface area contributed by atoms with Crippen molar-refractivity contribution in [2.75, 3.05) is 6.54 Å². The van der Waals surface area contributed by atoms with Crippen molar-refractivity contribution in [2.45, 2.75) is 26.0 Å². The number of nitrogens with zero attached hydrogens (tertiary/aromatic N) is 3. The number of aromatic nitrogens is 3. The number of halogens is 2. The lowest BCUT2D eigenvalue weighted by molar-refractivity contribution is -0.00340. The molecule has 0 fully saturated rings. The number of aliphatic hydroxyl groups is 1. The number of fused-ring (bicyclic) bond motifs is 1. The molecular weight excluding hydrogens is 254 g/mol. The molecule has 104 valence electrons. The summed E-state index contributed by atoms with van der Waals surface area (Å²) in [5, 5.41) is 17.0. The van der Waals surface area contributed by atoms with Gasteiger partial charge in [-0.25, -0.2) is 13.8 Å². The minimum atomic E-state index is -2.73. The van der Waals surface area contributed by atoms with Crippen LogP contribution in [-0.2, 0) is 13.6 Å². The first kappa shape index (κ1) is 13.8. The molecule has 2 rings (SSSR count). The van der Waals surface area contributed by atoms with E-state index in [1.54, 1.807) is 10.9 Å². The highest BCUT2D eigenvalue weighted by molar-refractivity contribution is 5.78. The van der Waals surface area contributed by atoms with Crippen LogP contribution < -0.4 is 5.32 Å². The van der Waals surface area contributed by atoms with E-state index in [1.807, 2.05) is 20.0 Å². The molecule has 2 N–H and O–H groups in total. The Bertz CT molecular complexity index is 570. The maximum Gasteiger partial charge on any atom is 0.265 e. The molecule has 1 atom stereocenters. The standard InChI is InChI=1S/C12H16F2N4O/c1-7-9-3-8(4-15-6-10(19)11(13)14)5-16-12(9)18(2)17-7/h3,5,10-11,15,19H,4,6H2,1-2H3. The van der Waals surface area contributed by atoms with Gasteiger partial charge in [0, 0.05) is 31.7 Å². The first-order chi connectivity index (χ1) is 8.99. The third kappa shape index (κ3) is 3.05. The molecule has 7 heteroatoms. The number of aryl methyl sites for hydroxylation is 2. The van der Waals surface area contributed by atoms with E-state index in [-0.39, 0.29) is 6.54 Å². The van der Waals surface area contributed by atoms with Gasteiger partial charge in [-0.05, 0) is 18.6 Å². The summed E-state index contributed by atoms with van der Waals surface area (Å²) >= 11 is 0. The molecule has 0 radical (unpaired) electrons. The summed E-state index contributed by atoms with van der Waals surface area (Å²) in [4.78, 5) is 4.28. The lowest BCUT2D eigenvalue weighted by atomic mass is 10.2. The van der Waals surface area contributed by atoms with Gasteiger partial charge < -0.3 is 10.4 Å². The number of hydrogen-bond donors (Lipinski definition) is 2. The Labute approximate surface area is 109 Å². The molecule has 2 aromatic heterocycles. The van der Waals surface area contributed by atoms with Gasteiger partial charge in [-0.15, -0.1) is 0 Å². The Morgan fingerprint density at radius 3 is 2.89 bits per heavy atom. The summed E-state index contributed by atoms with van der Waals surface area (Å²) in [5.74, 6) is 0. The van der Waals surface area contributed by atoms with Crippen LogP contribution in [0.1, 0.15) is 11.3 Å². The largest absolute Gasteiger partial charge is 0.386 e. The molecule has 0 spiro atoms. The van der Waals surface area contributed by atoms with E-state index in [0.29, 0.717) is 6.54 Å². The molecule has 19 heavy (non-hydrogen) atoms. The van der Waals surface area contributed by atoms with Crippen LogP contribution in [0.5, 0.6) is 0 Å². The molecule has 0 amide bonds. The Morgan fingerprint density at radius 1 is 1.47 bits per heavy atom. The van der Waals surface area contributed by atoms with Gasteiger partial charge in [0.2, 0.25) is 0 Å². The summed E-state index contributed by atoms with van der Waals surface area (Å²) < 4.78 is 25.9. The minimum Gasteiger partial charge on any atom is -0.386 e. The highest BCUT2D eigenvalue weighted by atomic mass is 19.3. The van der Waals surface area contributed by atoms with Crippen molar-refractivity contribution in [3.63, 3.8) is 0 Å². The van der Waals surface area contributed by atoms with Crippen molar-refractivity contribution in [3.8, 4) is 0 Å². The second-order valence-corrected chi connectivity index (χ2v) is 4.46. The fraction of sp³-hybridized carbons (Fsp3) is 0.500. The van der Waals surface area contributed by atoms with Crippen LogP contribution in [0.25, 0.3) is 11.0 Å². The number of pyridine rings is 1. The molecule has 0 aliphatic carbocycles. The molecule has 0 saturated carbocycles. The topological polar surface area (TPSA) is 63.0 Å². The van der Waals surface area contributed by atoms with Crippen molar-refractivity contribution < 1.29 is 13.9 Å². The van der Waals surface area contributed by atoms with E-state index in [9.17, 15) is 8.78 Å². The Balaban J connectivity index is 2.04. The molecule has 0 aliphatic heterocycles. The second-order valence-electron chi connectivity index (χ2n) is 4.46. The second kappa shape index (κ2) is 5.58. The van der Waals surface area contributed by atoms with Crippen LogP contribution in [0.4, 0.5) is 8.78 Å². The Morgan fingerprint density at radius 2 is 2.21 bits per heavy atom. The Kier molecular flexibility index (Phi) is 4.06. The third-order valence-electron chi connectivity index (χ3n) is 2.89. The first-order valence-corrected chi connectivity index (χ1v) is 5.94. The fourth-order valence-corrected chi connectivity index (χ4v) is 1.90.